The number of carbonyl (C=O) groups excluding carboxylic acids is 2. The molecule has 0 unspecified atom stereocenters. The highest BCUT2D eigenvalue weighted by atomic mass is 35.5. The maximum atomic E-state index is 12.7. The Kier molecular flexibility index (Phi) is 4.46. The van der Waals surface area contributed by atoms with Gasteiger partial charge in [-0.15, -0.1) is 0 Å². The molecule has 1 aliphatic carbocycles. The Labute approximate surface area is 140 Å². The van der Waals surface area contributed by atoms with Gasteiger partial charge in [0.1, 0.15) is 0 Å². The molecule has 23 heavy (non-hydrogen) atoms. The third-order valence-electron chi connectivity index (χ3n) is 4.69. The van der Waals surface area contributed by atoms with Crippen LogP contribution in [0.3, 0.4) is 0 Å². The first-order valence-electron chi connectivity index (χ1n) is 7.92. The Morgan fingerprint density at radius 1 is 1.39 bits per heavy atom. The molecular formula is C16H21ClN4O2. The SMILES string of the molecule is NCC1(NC(=O)c2cc(N3CCNC3=O)ccc2Cl)CCCC1. The van der Waals surface area contributed by atoms with Gasteiger partial charge in [-0.1, -0.05) is 24.4 Å². The Balaban J connectivity index is 1.83. The van der Waals surface area contributed by atoms with Crippen LogP contribution in [0.2, 0.25) is 5.02 Å². The van der Waals surface area contributed by atoms with Gasteiger partial charge in [0.2, 0.25) is 0 Å². The van der Waals surface area contributed by atoms with Gasteiger partial charge >= 0.3 is 6.03 Å². The van der Waals surface area contributed by atoms with Crippen LogP contribution in [-0.4, -0.2) is 37.1 Å². The summed E-state index contributed by atoms with van der Waals surface area (Å²) in [7, 11) is 0. The number of hydrogen-bond donors (Lipinski definition) is 3. The average molecular weight is 337 g/mol. The van der Waals surface area contributed by atoms with Crippen LogP contribution in [0.5, 0.6) is 0 Å². The van der Waals surface area contributed by atoms with Crippen molar-refractivity contribution in [1.82, 2.24) is 10.6 Å². The summed E-state index contributed by atoms with van der Waals surface area (Å²) < 4.78 is 0. The first kappa shape index (κ1) is 16.1. The van der Waals surface area contributed by atoms with Crippen molar-refractivity contribution in [2.24, 2.45) is 5.73 Å². The molecule has 4 N–H and O–H groups in total. The molecule has 0 spiro atoms. The molecule has 0 aromatic heterocycles. The molecule has 2 fully saturated rings. The van der Waals surface area contributed by atoms with Crippen molar-refractivity contribution < 1.29 is 9.59 Å². The zero-order valence-corrected chi connectivity index (χ0v) is 13.7. The lowest BCUT2D eigenvalue weighted by atomic mass is 9.97. The molecule has 0 radical (unpaired) electrons. The first-order chi connectivity index (χ1) is 11.0. The van der Waals surface area contributed by atoms with Crippen LogP contribution < -0.4 is 21.3 Å². The molecule has 2 aliphatic rings. The van der Waals surface area contributed by atoms with Gasteiger partial charge in [-0.25, -0.2) is 4.79 Å². The molecule has 0 bridgehead atoms. The Morgan fingerprint density at radius 3 is 2.74 bits per heavy atom. The van der Waals surface area contributed by atoms with Crippen molar-refractivity contribution in [3.05, 3.63) is 28.8 Å². The number of amides is 3. The molecule has 3 amide bonds. The molecule has 1 aliphatic heterocycles. The molecular weight excluding hydrogens is 316 g/mol. The fourth-order valence-electron chi connectivity index (χ4n) is 3.31. The van der Waals surface area contributed by atoms with Crippen LogP contribution in [0.4, 0.5) is 10.5 Å². The van der Waals surface area contributed by atoms with E-state index in [0.717, 1.165) is 25.7 Å². The highest BCUT2D eigenvalue weighted by Crippen LogP contribution is 2.30. The van der Waals surface area contributed by atoms with Crippen LogP contribution in [-0.2, 0) is 0 Å². The number of nitrogens with zero attached hydrogens (tertiary/aromatic N) is 1. The molecule has 1 saturated heterocycles. The van der Waals surface area contributed by atoms with Gasteiger partial charge in [-0.3, -0.25) is 9.69 Å². The van der Waals surface area contributed by atoms with E-state index in [1.54, 1.807) is 23.1 Å². The fourth-order valence-corrected chi connectivity index (χ4v) is 3.52. The van der Waals surface area contributed by atoms with E-state index < -0.39 is 0 Å². The Hall–Kier alpha value is -1.79. The minimum absolute atomic E-state index is 0.159. The molecule has 1 saturated carbocycles. The van der Waals surface area contributed by atoms with Crippen LogP contribution in [0.25, 0.3) is 0 Å². The number of halogens is 1. The molecule has 0 atom stereocenters. The summed E-state index contributed by atoms with van der Waals surface area (Å²) >= 11 is 6.20. The number of benzene rings is 1. The second-order valence-electron chi connectivity index (χ2n) is 6.19. The smallest absolute Gasteiger partial charge is 0.321 e. The predicted octanol–water partition coefficient (Wildman–Crippen LogP) is 1.87. The third kappa shape index (κ3) is 3.14. The van der Waals surface area contributed by atoms with Crippen molar-refractivity contribution in [3.8, 4) is 0 Å². The standard InChI is InChI=1S/C16H21ClN4O2/c17-13-4-3-11(21-8-7-19-15(21)23)9-12(13)14(22)20-16(10-18)5-1-2-6-16/h3-4,9H,1-2,5-8,10,18H2,(H,19,23)(H,20,22). The van der Waals surface area contributed by atoms with Gasteiger partial charge in [0.25, 0.3) is 5.91 Å². The van der Waals surface area contributed by atoms with Crippen molar-refractivity contribution in [2.45, 2.75) is 31.2 Å². The summed E-state index contributed by atoms with van der Waals surface area (Å²) in [6.45, 7) is 1.60. The van der Waals surface area contributed by atoms with E-state index in [9.17, 15) is 9.59 Å². The fraction of sp³-hybridized carbons (Fsp3) is 0.500. The second kappa shape index (κ2) is 6.37. The molecule has 6 nitrogen and oxygen atoms in total. The van der Waals surface area contributed by atoms with E-state index in [-0.39, 0.29) is 17.5 Å². The second-order valence-corrected chi connectivity index (χ2v) is 6.60. The quantitative estimate of drug-likeness (QED) is 0.784. The largest absolute Gasteiger partial charge is 0.345 e. The van der Waals surface area contributed by atoms with Crippen molar-refractivity contribution in [2.75, 3.05) is 24.5 Å². The molecule has 124 valence electrons. The van der Waals surface area contributed by atoms with Gasteiger partial charge in [-0.05, 0) is 31.0 Å². The summed E-state index contributed by atoms with van der Waals surface area (Å²) in [6.07, 6.45) is 3.92. The van der Waals surface area contributed by atoms with Crippen molar-refractivity contribution in [1.29, 1.82) is 0 Å². The summed E-state index contributed by atoms with van der Waals surface area (Å²) in [6, 6.07) is 4.91. The van der Waals surface area contributed by atoms with Gasteiger partial charge in [0.05, 0.1) is 16.1 Å². The van der Waals surface area contributed by atoms with Gasteiger partial charge in [0.15, 0.2) is 0 Å². The summed E-state index contributed by atoms with van der Waals surface area (Å²) in [5.74, 6) is -0.233. The number of hydrogen-bond acceptors (Lipinski definition) is 3. The predicted molar refractivity (Wildman–Crippen MR) is 89.9 cm³/mol. The van der Waals surface area contributed by atoms with Crippen LogP contribution in [0, 0.1) is 0 Å². The lowest BCUT2D eigenvalue weighted by Crippen LogP contribution is -2.51. The minimum atomic E-state index is -0.332. The Morgan fingerprint density at radius 2 is 2.13 bits per heavy atom. The van der Waals surface area contributed by atoms with Gasteiger partial charge in [-0.2, -0.15) is 0 Å². The lowest BCUT2D eigenvalue weighted by molar-refractivity contribution is 0.0903. The molecule has 3 rings (SSSR count). The molecule has 1 aromatic carbocycles. The maximum Gasteiger partial charge on any atom is 0.321 e. The van der Waals surface area contributed by atoms with Crippen LogP contribution in [0.1, 0.15) is 36.0 Å². The maximum absolute atomic E-state index is 12.7. The van der Waals surface area contributed by atoms with Gasteiger partial charge in [0, 0.05) is 25.3 Å². The zero-order valence-electron chi connectivity index (χ0n) is 12.9. The number of nitrogens with two attached hydrogens (primary N) is 1. The van der Waals surface area contributed by atoms with E-state index in [2.05, 4.69) is 10.6 Å². The number of rotatable bonds is 4. The normalized spacial score (nSPS) is 19.7. The van der Waals surface area contributed by atoms with Gasteiger partial charge < -0.3 is 16.4 Å². The minimum Gasteiger partial charge on any atom is -0.345 e. The number of nitrogens with one attached hydrogen (secondary N) is 2. The van der Waals surface area contributed by atoms with Crippen LogP contribution >= 0.6 is 11.6 Å². The molecule has 7 heteroatoms. The van der Waals surface area contributed by atoms with E-state index in [0.29, 0.717) is 35.9 Å². The van der Waals surface area contributed by atoms with E-state index in [1.165, 1.54) is 0 Å². The van der Waals surface area contributed by atoms with Crippen molar-refractivity contribution in [3.63, 3.8) is 0 Å². The number of urea groups is 1. The first-order valence-corrected chi connectivity index (χ1v) is 8.30. The summed E-state index contributed by atoms with van der Waals surface area (Å²) in [4.78, 5) is 26.0. The summed E-state index contributed by atoms with van der Waals surface area (Å²) in [5, 5.41) is 6.17. The highest BCUT2D eigenvalue weighted by Gasteiger charge is 2.34. The Bertz CT molecular complexity index is 629. The molecule has 1 heterocycles. The lowest BCUT2D eigenvalue weighted by Gasteiger charge is -2.29. The van der Waals surface area contributed by atoms with E-state index in [1.807, 2.05) is 0 Å². The van der Waals surface area contributed by atoms with Crippen molar-refractivity contribution >= 4 is 29.2 Å². The highest BCUT2D eigenvalue weighted by molar-refractivity contribution is 6.34. The monoisotopic (exact) mass is 336 g/mol. The average Bonchev–Trinajstić information content (AvgIpc) is 3.17. The van der Waals surface area contributed by atoms with E-state index in [4.69, 9.17) is 17.3 Å². The number of carbonyl (C=O) groups is 2. The third-order valence-corrected chi connectivity index (χ3v) is 5.02. The van der Waals surface area contributed by atoms with E-state index >= 15 is 0 Å². The topological polar surface area (TPSA) is 87.5 Å². The number of anilines is 1. The van der Waals surface area contributed by atoms with Crippen LogP contribution in [0.15, 0.2) is 18.2 Å². The summed E-state index contributed by atoms with van der Waals surface area (Å²) in [5.41, 5.74) is 6.59. The zero-order chi connectivity index (χ0) is 16.4. The molecule has 1 aromatic rings.